The summed E-state index contributed by atoms with van der Waals surface area (Å²) in [7, 11) is 0. The summed E-state index contributed by atoms with van der Waals surface area (Å²) in [5.74, 6) is -0.347. The monoisotopic (exact) mass is 449 g/mol. The summed E-state index contributed by atoms with van der Waals surface area (Å²) in [6.45, 7) is 6.20. The van der Waals surface area contributed by atoms with E-state index in [1.54, 1.807) is 6.92 Å². The van der Waals surface area contributed by atoms with Crippen molar-refractivity contribution in [3.8, 4) is 0 Å². The zero-order valence-corrected chi connectivity index (χ0v) is 18.2. The number of halogens is 1. The third-order valence-corrected chi connectivity index (χ3v) is 6.03. The molecule has 0 unspecified atom stereocenters. The summed E-state index contributed by atoms with van der Waals surface area (Å²) >= 11 is 3.53. The van der Waals surface area contributed by atoms with Crippen molar-refractivity contribution in [1.82, 2.24) is 10.2 Å². The molecule has 2 aromatic rings. The summed E-state index contributed by atoms with van der Waals surface area (Å²) in [6, 6.07) is 6.80. The van der Waals surface area contributed by atoms with Gasteiger partial charge < -0.3 is 20.4 Å². The lowest BCUT2D eigenvalue weighted by molar-refractivity contribution is -0.138. The van der Waals surface area contributed by atoms with Crippen LogP contribution in [0.2, 0.25) is 0 Å². The Labute approximate surface area is 173 Å². The Balaban J connectivity index is 1.80. The number of hydrogen-bond donors (Lipinski definition) is 2. The number of para-hydroxylation sites is 1. The van der Waals surface area contributed by atoms with Gasteiger partial charge in [-0.05, 0) is 54.1 Å². The summed E-state index contributed by atoms with van der Waals surface area (Å²) in [6.07, 6.45) is 2.61. The van der Waals surface area contributed by atoms with E-state index in [1.807, 2.05) is 43.0 Å². The van der Waals surface area contributed by atoms with Gasteiger partial charge in [-0.15, -0.1) is 0 Å². The SMILES string of the molecule is CC(C)[C@H](NC(=O)[C@H](C)N)C(=O)N1CCC[C@H]1Cc1c(Br)oc2ccccc12. The van der Waals surface area contributed by atoms with Crippen molar-refractivity contribution >= 4 is 38.7 Å². The molecule has 0 spiro atoms. The molecular weight excluding hydrogens is 422 g/mol. The maximum atomic E-state index is 13.3. The fourth-order valence-corrected chi connectivity index (χ4v) is 4.36. The average Bonchev–Trinajstić information content (AvgIpc) is 3.23. The molecule has 0 radical (unpaired) electrons. The van der Waals surface area contributed by atoms with Crippen LogP contribution in [0, 0.1) is 5.92 Å². The van der Waals surface area contributed by atoms with E-state index in [-0.39, 0.29) is 23.8 Å². The summed E-state index contributed by atoms with van der Waals surface area (Å²) in [5.41, 5.74) is 7.59. The van der Waals surface area contributed by atoms with Crippen molar-refractivity contribution in [2.24, 2.45) is 11.7 Å². The van der Waals surface area contributed by atoms with Crippen LogP contribution in [0.25, 0.3) is 11.0 Å². The van der Waals surface area contributed by atoms with Gasteiger partial charge in [-0.1, -0.05) is 32.0 Å². The third kappa shape index (κ3) is 4.25. The van der Waals surface area contributed by atoms with Crippen LogP contribution in [0.3, 0.4) is 0 Å². The number of nitrogens with two attached hydrogens (primary N) is 1. The van der Waals surface area contributed by atoms with E-state index >= 15 is 0 Å². The van der Waals surface area contributed by atoms with Crippen molar-refractivity contribution in [3.05, 3.63) is 34.5 Å². The molecule has 1 aliphatic rings. The molecule has 6 nitrogen and oxygen atoms in total. The number of amides is 2. The van der Waals surface area contributed by atoms with E-state index in [2.05, 4.69) is 21.2 Å². The highest BCUT2D eigenvalue weighted by Gasteiger charge is 2.36. The van der Waals surface area contributed by atoms with Crippen LogP contribution in [0.5, 0.6) is 0 Å². The van der Waals surface area contributed by atoms with E-state index in [4.69, 9.17) is 10.2 Å². The van der Waals surface area contributed by atoms with E-state index in [9.17, 15) is 9.59 Å². The van der Waals surface area contributed by atoms with Gasteiger partial charge in [0.05, 0.1) is 6.04 Å². The van der Waals surface area contributed by atoms with Gasteiger partial charge in [0, 0.05) is 23.5 Å². The lowest BCUT2D eigenvalue weighted by Gasteiger charge is -2.31. The number of carbonyl (C=O) groups excluding carboxylic acids is 2. The molecule has 0 bridgehead atoms. The lowest BCUT2D eigenvalue weighted by Crippen LogP contribution is -2.55. The first-order chi connectivity index (χ1) is 13.3. The second kappa shape index (κ2) is 8.66. The second-order valence-electron chi connectivity index (χ2n) is 7.90. The van der Waals surface area contributed by atoms with Gasteiger partial charge in [-0.3, -0.25) is 9.59 Å². The molecule has 1 aromatic heterocycles. The van der Waals surface area contributed by atoms with Gasteiger partial charge in [0.15, 0.2) is 4.67 Å². The van der Waals surface area contributed by atoms with Crippen LogP contribution in [0.1, 0.15) is 39.2 Å². The molecule has 0 saturated carbocycles. The van der Waals surface area contributed by atoms with Crippen molar-refractivity contribution in [3.63, 3.8) is 0 Å². The Hall–Kier alpha value is -1.86. The number of benzene rings is 1. The molecule has 1 aliphatic heterocycles. The zero-order chi connectivity index (χ0) is 20.4. The highest BCUT2D eigenvalue weighted by atomic mass is 79.9. The number of rotatable bonds is 6. The Morgan fingerprint density at radius 3 is 2.71 bits per heavy atom. The Bertz CT molecular complexity index is 862. The number of nitrogens with one attached hydrogen (secondary N) is 1. The molecular formula is C21H28BrN3O3. The minimum Gasteiger partial charge on any atom is -0.449 e. The number of hydrogen-bond acceptors (Lipinski definition) is 4. The van der Waals surface area contributed by atoms with Gasteiger partial charge in [-0.25, -0.2) is 0 Å². The molecule has 1 fully saturated rings. The Morgan fingerprint density at radius 1 is 1.32 bits per heavy atom. The topological polar surface area (TPSA) is 88.6 Å². The summed E-state index contributed by atoms with van der Waals surface area (Å²) in [5, 5.41) is 3.90. The Morgan fingerprint density at radius 2 is 2.04 bits per heavy atom. The fourth-order valence-electron chi connectivity index (χ4n) is 3.81. The lowest BCUT2D eigenvalue weighted by atomic mass is 9.99. The predicted molar refractivity (Wildman–Crippen MR) is 113 cm³/mol. The van der Waals surface area contributed by atoms with Crippen LogP contribution >= 0.6 is 15.9 Å². The molecule has 0 aliphatic carbocycles. The molecule has 3 atom stereocenters. The maximum Gasteiger partial charge on any atom is 0.245 e. The average molecular weight is 450 g/mol. The van der Waals surface area contributed by atoms with Crippen LogP contribution in [0.4, 0.5) is 0 Å². The summed E-state index contributed by atoms with van der Waals surface area (Å²) in [4.78, 5) is 27.3. The van der Waals surface area contributed by atoms with E-state index in [1.165, 1.54) is 0 Å². The first-order valence-electron chi connectivity index (χ1n) is 9.82. The van der Waals surface area contributed by atoms with Gasteiger partial charge >= 0.3 is 0 Å². The second-order valence-corrected chi connectivity index (χ2v) is 8.62. The number of fused-ring (bicyclic) bond motifs is 1. The molecule has 3 N–H and O–H groups in total. The number of furan rings is 1. The standard InChI is InChI=1S/C21H28BrN3O3/c1-12(2)18(24-20(26)13(3)23)21(27)25-10-6-7-14(25)11-16-15-8-4-5-9-17(15)28-19(16)22/h4-5,8-9,12-14,18H,6-7,10-11,23H2,1-3H3,(H,24,26)/t13-,14-,18-/m0/s1. The fraction of sp³-hybridized carbons (Fsp3) is 0.524. The Kier molecular flexibility index (Phi) is 6.45. The normalized spacial score (nSPS) is 19.2. The van der Waals surface area contributed by atoms with E-state index in [0.717, 1.165) is 40.5 Å². The first-order valence-corrected chi connectivity index (χ1v) is 10.6. The van der Waals surface area contributed by atoms with Gasteiger partial charge in [0.1, 0.15) is 11.6 Å². The minimum absolute atomic E-state index is 0.0158. The van der Waals surface area contributed by atoms with Crippen molar-refractivity contribution in [2.75, 3.05) is 6.54 Å². The molecule has 28 heavy (non-hydrogen) atoms. The number of nitrogens with zero attached hydrogens (tertiary/aromatic N) is 1. The van der Waals surface area contributed by atoms with Gasteiger partial charge in [0.2, 0.25) is 11.8 Å². The highest BCUT2D eigenvalue weighted by Crippen LogP contribution is 2.33. The quantitative estimate of drug-likeness (QED) is 0.708. The molecule has 1 aromatic carbocycles. The van der Waals surface area contributed by atoms with Crippen molar-refractivity contribution in [1.29, 1.82) is 0 Å². The van der Waals surface area contributed by atoms with Crippen LogP contribution in [0.15, 0.2) is 33.4 Å². The smallest absolute Gasteiger partial charge is 0.245 e. The predicted octanol–water partition coefficient (Wildman–Crippen LogP) is 3.22. The molecule has 1 saturated heterocycles. The van der Waals surface area contributed by atoms with Crippen LogP contribution < -0.4 is 11.1 Å². The van der Waals surface area contributed by atoms with Gasteiger partial charge in [0.25, 0.3) is 0 Å². The molecule has 152 valence electrons. The van der Waals surface area contributed by atoms with Crippen molar-refractivity contribution in [2.45, 2.75) is 58.2 Å². The van der Waals surface area contributed by atoms with Gasteiger partial charge in [-0.2, -0.15) is 0 Å². The number of likely N-dealkylation sites (tertiary alicyclic amines) is 1. The molecule has 2 amide bonds. The van der Waals surface area contributed by atoms with Crippen LogP contribution in [-0.4, -0.2) is 41.4 Å². The van der Waals surface area contributed by atoms with Crippen LogP contribution in [-0.2, 0) is 16.0 Å². The molecule has 3 rings (SSSR count). The largest absolute Gasteiger partial charge is 0.449 e. The third-order valence-electron chi connectivity index (χ3n) is 5.39. The van der Waals surface area contributed by atoms with E-state index in [0.29, 0.717) is 6.54 Å². The zero-order valence-electron chi connectivity index (χ0n) is 16.6. The van der Waals surface area contributed by atoms with E-state index < -0.39 is 12.1 Å². The first kappa shape index (κ1) is 20.9. The highest BCUT2D eigenvalue weighted by molar-refractivity contribution is 9.10. The molecule has 2 heterocycles. The molecule has 7 heteroatoms. The van der Waals surface area contributed by atoms with Crippen molar-refractivity contribution < 1.29 is 14.0 Å². The minimum atomic E-state index is -0.642. The maximum absolute atomic E-state index is 13.3. The summed E-state index contributed by atoms with van der Waals surface area (Å²) < 4.78 is 6.53. The number of carbonyl (C=O) groups is 2.